The van der Waals surface area contributed by atoms with Gasteiger partial charge in [-0.2, -0.15) is 0 Å². The number of carbonyl (C=O) groups is 1. The van der Waals surface area contributed by atoms with Gasteiger partial charge < -0.3 is 14.8 Å². The van der Waals surface area contributed by atoms with Crippen LogP contribution in [0.1, 0.15) is 24.0 Å². The van der Waals surface area contributed by atoms with E-state index in [1.807, 2.05) is 29.3 Å². The van der Waals surface area contributed by atoms with Gasteiger partial charge in [0.05, 0.1) is 6.42 Å². The molecule has 2 aliphatic heterocycles. The Morgan fingerprint density at radius 1 is 1.07 bits per heavy atom. The number of likely N-dealkylation sites (tertiary alicyclic amines) is 1. The lowest BCUT2D eigenvalue weighted by Gasteiger charge is -2.33. The van der Waals surface area contributed by atoms with Gasteiger partial charge in [0.2, 0.25) is 5.91 Å². The van der Waals surface area contributed by atoms with E-state index in [-0.39, 0.29) is 11.7 Å². The molecule has 3 aromatic rings. The maximum atomic E-state index is 13.6. The molecule has 0 saturated carbocycles. The van der Waals surface area contributed by atoms with Crippen LogP contribution in [0.15, 0.2) is 48.7 Å². The van der Waals surface area contributed by atoms with Gasteiger partial charge in [0.15, 0.2) is 0 Å². The zero-order valence-corrected chi connectivity index (χ0v) is 16.5. The van der Waals surface area contributed by atoms with Crippen molar-refractivity contribution in [3.8, 4) is 0 Å². The molecule has 2 aromatic carbocycles. The van der Waals surface area contributed by atoms with Gasteiger partial charge in [0, 0.05) is 35.9 Å². The zero-order chi connectivity index (χ0) is 19.8. The third-order valence-corrected chi connectivity index (χ3v) is 6.51. The topological polar surface area (TPSA) is 39.3 Å². The first kappa shape index (κ1) is 18.4. The van der Waals surface area contributed by atoms with Crippen LogP contribution in [0.2, 0.25) is 0 Å². The van der Waals surface area contributed by atoms with Gasteiger partial charge in [0.1, 0.15) is 5.82 Å². The summed E-state index contributed by atoms with van der Waals surface area (Å²) in [4.78, 5) is 20.0. The first-order valence-electron chi connectivity index (χ1n) is 10.5. The van der Waals surface area contributed by atoms with Crippen LogP contribution in [-0.4, -0.2) is 42.0 Å². The van der Waals surface area contributed by atoms with Crippen LogP contribution in [0.3, 0.4) is 0 Å². The Balaban J connectivity index is 1.15. The molecule has 0 aliphatic carbocycles. The molecule has 2 aliphatic rings. The number of para-hydroxylation sites is 1. The molecule has 1 saturated heterocycles. The van der Waals surface area contributed by atoms with Crippen molar-refractivity contribution in [3.63, 3.8) is 0 Å². The predicted molar refractivity (Wildman–Crippen MR) is 114 cm³/mol. The van der Waals surface area contributed by atoms with Crippen molar-refractivity contribution in [1.29, 1.82) is 0 Å². The van der Waals surface area contributed by atoms with Crippen LogP contribution in [0, 0.1) is 11.7 Å². The Labute approximate surface area is 170 Å². The normalized spacial score (nSPS) is 18.0. The van der Waals surface area contributed by atoms with E-state index in [9.17, 15) is 9.18 Å². The largest absolute Gasteiger partial charge is 0.361 e. The highest BCUT2D eigenvalue weighted by molar-refractivity contribution is 6.01. The molecule has 1 fully saturated rings. The molecule has 1 aromatic heterocycles. The molecule has 4 nitrogen and oxygen atoms in total. The van der Waals surface area contributed by atoms with E-state index in [0.29, 0.717) is 12.3 Å². The summed E-state index contributed by atoms with van der Waals surface area (Å²) in [5.74, 6) is 0.668. The van der Waals surface area contributed by atoms with E-state index < -0.39 is 0 Å². The molecule has 29 heavy (non-hydrogen) atoms. The molecular weight excluding hydrogens is 365 g/mol. The van der Waals surface area contributed by atoms with Crippen molar-refractivity contribution in [2.24, 2.45) is 5.92 Å². The Kier molecular flexibility index (Phi) is 4.84. The number of hydrogen-bond acceptors (Lipinski definition) is 2. The van der Waals surface area contributed by atoms with Crippen molar-refractivity contribution < 1.29 is 9.18 Å². The Morgan fingerprint density at radius 3 is 2.76 bits per heavy atom. The van der Waals surface area contributed by atoms with E-state index in [2.05, 4.69) is 22.0 Å². The fraction of sp³-hybridized carbons (Fsp3) is 0.375. The lowest BCUT2D eigenvalue weighted by Crippen LogP contribution is -2.41. The Bertz CT molecular complexity index is 1040. The fourth-order valence-corrected chi connectivity index (χ4v) is 4.85. The summed E-state index contributed by atoms with van der Waals surface area (Å²) >= 11 is 0. The third kappa shape index (κ3) is 3.67. The lowest BCUT2D eigenvalue weighted by molar-refractivity contribution is -0.117. The van der Waals surface area contributed by atoms with Crippen molar-refractivity contribution >= 4 is 22.5 Å². The molecule has 3 heterocycles. The highest BCUT2D eigenvalue weighted by atomic mass is 19.1. The Morgan fingerprint density at radius 2 is 1.90 bits per heavy atom. The number of aromatic amines is 1. The molecule has 1 amide bonds. The van der Waals surface area contributed by atoms with E-state index >= 15 is 0 Å². The van der Waals surface area contributed by atoms with Crippen molar-refractivity contribution in [1.82, 2.24) is 9.88 Å². The van der Waals surface area contributed by atoms with Gasteiger partial charge in [-0.25, -0.2) is 4.39 Å². The van der Waals surface area contributed by atoms with Crippen molar-refractivity contribution in [2.75, 3.05) is 31.1 Å². The molecule has 0 unspecified atom stereocenters. The molecule has 5 heteroatoms. The average Bonchev–Trinajstić information content (AvgIpc) is 3.27. The highest BCUT2D eigenvalue weighted by Gasteiger charge is 2.27. The smallest absolute Gasteiger partial charge is 0.231 e. The van der Waals surface area contributed by atoms with E-state index in [4.69, 9.17) is 0 Å². The summed E-state index contributed by atoms with van der Waals surface area (Å²) in [6.07, 6.45) is 5.85. The minimum Gasteiger partial charge on any atom is -0.361 e. The van der Waals surface area contributed by atoms with E-state index in [1.54, 1.807) is 6.07 Å². The molecular formula is C24H26FN3O. The molecule has 0 bridgehead atoms. The monoisotopic (exact) mass is 391 g/mol. The molecule has 0 radical (unpaired) electrons. The van der Waals surface area contributed by atoms with Gasteiger partial charge in [-0.3, -0.25) is 4.79 Å². The van der Waals surface area contributed by atoms with Gasteiger partial charge in [-0.05, 0) is 73.7 Å². The zero-order valence-electron chi connectivity index (χ0n) is 16.5. The van der Waals surface area contributed by atoms with Crippen LogP contribution in [-0.2, 0) is 17.6 Å². The fourth-order valence-electron chi connectivity index (χ4n) is 4.85. The van der Waals surface area contributed by atoms with Crippen molar-refractivity contribution in [3.05, 3.63) is 65.6 Å². The van der Waals surface area contributed by atoms with Crippen LogP contribution < -0.4 is 4.90 Å². The van der Waals surface area contributed by atoms with Gasteiger partial charge in [-0.15, -0.1) is 0 Å². The van der Waals surface area contributed by atoms with Crippen LogP contribution in [0.4, 0.5) is 10.1 Å². The summed E-state index contributed by atoms with van der Waals surface area (Å²) in [6.45, 7) is 3.81. The number of carbonyl (C=O) groups excluding carboxylic acids is 1. The summed E-state index contributed by atoms with van der Waals surface area (Å²) in [7, 11) is 0. The van der Waals surface area contributed by atoms with Gasteiger partial charge in [0.25, 0.3) is 0 Å². The first-order valence-corrected chi connectivity index (χ1v) is 10.5. The summed E-state index contributed by atoms with van der Waals surface area (Å²) in [5, 5.41) is 1.01. The maximum absolute atomic E-state index is 13.6. The van der Waals surface area contributed by atoms with Crippen molar-refractivity contribution in [2.45, 2.75) is 25.7 Å². The number of amides is 1. The number of anilines is 1. The molecule has 150 valence electrons. The highest BCUT2D eigenvalue weighted by Crippen LogP contribution is 2.29. The van der Waals surface area contributed by atoms with E-state index in [1.165, 1.54) is 11.6 Å². The third-order valence-electron chi connectivity index (χ3n) is 6.51. The van der Waals surface area contributed by atoms with Gasteiger partial charge >= 0.3 is 0 Å². The Hall–Kier alpha value is -2.66. The number of piperidine rings is 1. The quantitative estimate of drug-likeness (QED) is 0.710. The van der Waals surface area contributed by atoms with Crippen LogP contribution in [0.25, 0.3) is 10.9 Å². The number of rotatable bonds is 5. The predicted octanol–water partition coefficient (Wildman–Crippen LogP) is 4.15. The minimum absolute atomic E-state index is 0.175. The van der Waals surface area contributed by atoms with Gasteiger partial charge in [-0.1, -0.05) is 18.2 Å². The second-order valence-electron chi connectivity index (χ2n) is 8.34. The van der Waals surface area contributed by atoms with Crippen LogP contribution in [0.5, 0.6) is 0 Å². The summed E-state index contributed by atoms with van der Waals surface area (Å²) < 4.78 is 13.6. The second-order valence-corrected chi connectivity index (χ2v) is 8.34. The van der Waals surface area contributed by atoms with E-state index in [0.717, 1.165) is 67.6 Å². The SMILES string of the molecule is O=C1Cc2ccccc2N1CCN1CCC(Cc2c[nH]c3ccc(F)cc23)CC1. The number of H-pyrrole nitrogens is 1. The van der Waals surface area contributed by atoms with Crippen LogP contribution >= 0.6 is 0 Å². The number of nitrogens with one attached hydrogen (secondary N) is 1. The molecule has 0 atom stereocenters. The number of nitrogens with zero attached hydrogens (tertiary/aromatic N) is 2. The number of hydrogen-bond donors (Lipinski definition) is 1. The number of halogens is 1. The molecule has 5 rings (SSSR count). The number of fused-ring (bicyclic) bond motifs is 2. The standard InChI is InChI=1S/C24H26FN3O/c25-20-5-6-22-21(15-20)19(16-26-22)13-17-7-9-27(10-8-17)11-12-28-23-4-2-1-3-18(23)14-24(28)29/h1-6,15-17,26H,7-14H2. The number of aromatic nitrogens is 1. The molecule has 1 N–H and O–H groups in total. The maximum Gasteiger partial charge on any atom is 0.231 e. The minimum atomic E-state index is -0.175. The summed E-state index contributed by atoms with van der Waals surface area (Å²) in [6, 6.07) is 13.1. The first-order chi connectivity index (χ1) is 14.2. The second kappa shape index (κ2) is 7.64. The molecule has 0 spiro atoms. The average molecular weight is 391 g/mol. The lowest BCUT2D eigenvalue weighted by atomic mass is 9.90. The number of benzene rings is 2. The summed E-state index contributed by atoms with van der Waals surface area (Å²) in [5.41, 5.74) is 4.46.